The number of hydrogen-bond acceptors (Lipinski definition) is 3. The molecule has 0 spiro atoms. The first-order chi connectivity index (χ1) is 7.78. The summed E-state index contributed by atoms with van der Waals surface area (Å²) in [7, 11) is -2.12. The molecule has 0 aliphatic carbocycles. The van der Waals surface area contributed by atoms with Crippen molar-refractivity contribution in [3.8, 4) is 0 Å². The lowest BCUT2D eigenvalue weighted by molar-refractivity contribution is 0.0930. The first-order valence-electron chi connectivity index (χ1n) is 6.64. The van der Waals surface area contributed by atoms with Gasteiger partial charge in [-0.05, 0) is 23.0 Å². The van der Waals surface area contributed by atoms with Crippen LogP contribution in [0.5, 0.6) is 0 Å². The van der Waals surface area contributed by atoms with E-state index in [0.717, 1.165) is 6.42 Å². The molecule has 0 heterocycles. The van der Waals surface area contributed by atoms with Crippen molar-refractivity contribution in [2.75, 3.05) is 6.61 Å². The first kappa shape index (κ1) is 16.5. The van der Waals surface area contributed by atoms with Gasteiger partial charge >= 0.3 is 6.16 Å². The minimum Gasteiger partial charge on any atom is -0.488 e. The summed E-state index contributed by atoms with van der Waals surface area (Å²) in [5, 5.41) is 0. The van der Waals surface area contributed by atoms with E-state index in [4.69, 9.17) is 9.16 Å². The number of carbonyl (C=O) groups excluding carboxylic acids is 1. The molecule has 0 aliphatic heterocycles. The lowest BCUT2D eigenvalue weighted by Crippen LogP contribution is -2.49. The second kappa shape index (κ2) is 7.04. The van der Waals surface area contributed by atoms with Crippen molar-refractivity contribution in [3.05, 3.63) is 0 Å². The molecule has 0 aromatic carbocycles. The Morgan fingerprint density at radius 3 is 1.71 bits per heavy atom. The monoisotopic (exact) mass is 260 g/mol. The van der Waals surface area contributed by atoms with Crippen molar-refractivity contribution in [1.29, 1.82) is 0 Å². The zero-order valence-corrected chi connectivity index (χ0v) is 13.4. The normalized spacial score (nSPS) is 12.4. The van der Waals surface area contributed by atoms with Crippen molar-refractivity contribution in [3.63, 3.8) is 0 Å². The molecule has 0 unspecified atom stereocenters. The van der Waals surface area contributed by atoms with Gasteiger partial charge in [-0.15, -0.1) is 0 Å². The van der Waals surface area contributed by atoms with E-state index < -0.39 is 14.5 Å². The molecule has 0 atom stereocenters. The Morgan fingerprint density at radius 2 is 1.41 bits per heavy atom. The Balaban J connectivity index is 4.87. The van der Waals surface area contributed by atoms with E-state index in [-0.39, 0.29) is 0 Å². The molecule has 17 heavy (non-hydrogen) atoms. The third-order valence-corrected chi connectivity index (χ3v) is 9.33. The molecule has 0 N–H and O–H groups in total. The third kappa shape index (κ3) is 4.02. The predicted octanol–water partition coefficient (Wildman–Crippen LogP) is 4.73. The molecule has 0 aliphatic rings. The zero-order chi connectivity index (χ0) is 13.6. The average Bonchev–Trinajstić information content (AvgIpc) is 2.21. The molecule has 0 aromatic heterocycles. The smallest absolute Gasteiger partial charge is 0.488 e. The van der Waals surface area contributed by atoms with E-state index in [1.165, 1.54) is 0 Å². The standard InChI is InChI=1S/C13H28O3Si/c1-8-9-15-13(14)16-17(10(2)3,11(4)5)12(6)7/h10-12H,8-9H2,1-7H3. The van der Waals surface area contributed by atoms with Crippen LogP contribution in [0.2, 0.25) is 16.6 Å². The Labute approximate surface area is 107 Å². The van der Waals surface area contributed by atoms with Crippen LogP contribution in [-0.4, -0.2) is 21.1 Å². The van der Waals surface area contributed by atoms with E-state index in [9.17, 15) is 4.79 Å². The van der Waals surface area contributed by atoms with E-state index in [1.54, 1.807) is 0 Å². The molecular formula is C13H28O3Si. The van der Waals surface area contributed by atoms with Crippen molar-refractivity contribution in [2.45, 2.75) is 71.5 Å². The maximum Gasteiger partial charge on any atom is 0.494 e. The SMILES string of the molecule is CCCOC(=O)O[Si](C(C)C)(C(C)C)C(C)C. The molecule has 3 nitrogen and oxygen atoms in total. The molecule has 0 saturated heterocycles. The van der Waals surface area contributed by atoms with E-state index in [1.807, 2.05) is 6.92 Å². The minimum absolute atomic E-state index is 0.400. The fourth-order valence-electron chi connectivity index (χ4n) is 2.71. The van der Waals surface area contributed by atoms with Crippen molar-refractivity contribution in [2.24, 2.45) is 0 Å². The van der Waals surface area contributed by atoms with Gasteiger partial charge in [0.05, 0.1) is 6.61 Å². The van der Waals surface area contributed by atoms with Crippen LogP contribution < -0.4 is 0 Å². The summed E-state index contributed by atoms with van der Waals surface area (Å²) in [6.45, 7) is 15.3. The molecule has 0 radical (unpaired) electrons. The highest BCUT2D eigenvalue weighted by atomic mass is 28.4. The first-order valence-corrected chi connectivity index (χ1v) is 8.78. The molecule has 0 saturated carbocycles. The van der Waals surface area contributed by atoms with Gasteiger partial charge in [0.25, 0.3) is 8.32 Å². The molecule has 0 aromatic rings. The van der Waals surface area contributed by atoms with Gasteiger partial charge in [0.1, 0.15) is 0 Å². The average molecular weight is 260 g/mol. The quantitative estimate of drug-likeness (QED) is 0.512. The minimum atomic E-state index is -2.12. The maximum atomic E-state index is 11.7. The van der Waals surface area contributed by atoms with E-state index >= 15 is 0 Å². The van der Waals surface area contributed by atoms with Gasteiger partial charge in [-0.2, -0.15) is 0 Å². The van der Waals surface area contributed by atoms with Crippen molar-refractivity contribution >= 4 is 14.5 Å². The van der Waals surface area contributed by atoms with Gasteiger partial charge in [0, 0.05) is 0 Å². The highest BCUT2D eigenvalue weighted by Gasteiger charge is 2.48. The molecule has 0 amide bonds. The molecule has 0 rings (SSSR count). The molecule has 102 valence electrons. The summed E-state index contributed by atoms with van der Waals surface area (Å²) < 4.78 is 10.9. The zero-order valence-electron chi connectivity index (χ0n) is 12.4. The Bertz CT molecular complexity index is 215. The second-order valence-corrected chi connectivity index (χ2v) is 10.9. The summed E-state index contributed by atoms with van der Waals surface area (Å²) in [6.07, 6.45) is 0.351. The van der Waals surface area contributed by atoms with Gasteiger partial charge in [-0.1, -0.05) is 48.5 Å². The lowest BCUT2D eigenvalue weighted by Gasteiger charge is -2.40. The summed E-state index contributed by atoms with van der Waals surface area (Å²) in [6, 6.07) is 0. The number of ether oxygens (including phenoxy) is 1. The highest BCUT2D eigenvalue weighted by Crippen LogP contribution is 2.42. The van der Waals surface area contributed by atoms with Crippen LogP contribution in [0.1, 0.15) is 54.9 Å². The van der Waals surface area contributed by atoms with Crippen LogP contribution in [0.25, 0.3) is 0 Å². The Hall–Kier alpha value is -0.513. The summed E-state index contributed by atoms with van der Waals surface area (Å²) >= 11 is 0. The second-order valence-electron chi connectivity index (χ2n) is 5.52. The lowest BCUT2D eigenvalue weighted by atomic mass is 10.5. The van der Waals surface area contributed by atoms with E-state index in [0.29, 0.717) is 23.2 Å². The van der Waals surface area contributed by atoms with Crippen LogP contribution in [-0.2, 0) is 9.16 Å². The van der Waals surface area contributed by atoms with Crippen LogP contribution in [0.15, 0.2) is 0 Å². The molecule has 0 fully saturated rings. The van der Waals surface area contributed by atoms with Crippen LogP contribution in [0, 0.1) is 0 Å². The van der Waals surface area contributed by atoms with E-state index in [2.05, 4.69) is 41.5 Å². The van der Waals surface area contributed by atoms with Gasteiger partial charge in [-0.25, -0.2) is 4.79 Å². The molecule has 0 bridgehead atoms. The Kier molecular flexibility index (Phi) is 6.83. The van der Waals surface area contributed by atoms with Crippen molar-refractivity contribution in [1.82, 2.24) is 0 Å². The summed E-state index contributed by atoms with van der Waals surface area (Å²) in [5.74, 6) is 0. The van der Waals surface area contributed by atoms with Crippen LogP contribution in [0.3, 0.4) is 0 Å². The fourth-order valence-corrected chi connectivity index (χ4v) is 7.77. The van der Waals surface area contributed by atoms with Gasteiger partial charge in [0.15, 0.2) is 0 Å². The van der Waals surface area contributed by atoms with Crippen molar-refractivity contribution < 1.29 is 14.0 Å². The number of carbonyl (C=O) groups is 1. The Morgan fingerprint density at radius 1 is 1.00 bits per heavy atom. The summed E-state index contributed by atoms with van der Waals surface area (Å²) in [4.78, 5) is 11.7. The maximum absolute atomic E-state index is 11.7. The van der Waals surface area contributed by atoms with Crippen LogP contribution >= 0.6 is 0 Å². The summed E-state index contributed by atoms with van der Waals surface area (Å²) in [5.41, 5.74) is 1.20. The van der Waals surface area contributed by atoms with Gasteiger partial charge in [0.2, 0.25) is 0 Å². The molecular weight excluding hydrogens is 232 g/mol. The fraction of sp³-hybridized carbons (Fsp3) is 0.923. The third-order valence-electron chi connectivity index (χ3n) is 3.39. The number of rotatable bonds is 6. The predicted molar refractivity (Wildman–Crippen MR) is 73.8 cm³/mol. The van der Waals surface area contributed by atoms with Gasteiger partial charge in [-0.3, -0.25) is 0 Å². The highest BCUT2D eigenvalue weighted by molar-refractivity contribution is 6.78. The topological polar surface area (TPSA) is 35.5 Å². The van der Waals surface area contributed by atoms with Gasteiger partial charge < -0.3 is 9.16 Å². The number of hydrogen-bond donors (Lipinski definition) is 0. The largest absolute Gasteiger partial charge is 0.494 e. The van der Waals surface area contributed by atoms with Crippen LogP contribution in [0.4, 0.5) is 4.79 Å². The molecule has 4 heteroatoms.